The number of aromatic nitrogens is 2. The molecule has 7 heteroatoms. The van der Waals surface area contributed by atoms with E-state index < -0.39 is 0 Å². The number of hydrogen-bond donors (Lipinski definition) is 1. The molecule has 0 fully saturated rings. The first-order valence-corrected chi connectivity index (χ1v) is 8.94. The molecular weight excluding hydrogens is 356 g/mol. The summed E-state index contributed by atoms with van der Waals surface area (Å²) >= 11 is 0. The van der Waals surface area contributed by atoms with E-state index in [0.29, 0.717) is 23.5 Å². The topological polar surface area (TPSA) is 76.5 Å². The van der Waals surface area contributed by atoms with Gasteiger partial charge in [0.25, 0.3) is 5.91 Å². The number of hydrogen-bond acceptors (Lipinski definition) is 4. The van der Waals surface area contributed by atoms with Gasteiger partial charge in [-0.3, -0.25) is 9.59 Å². The summed E-state index contributed by atoms with van der Waals surface area (Å²) in [6.45, 7) is 2.23. The normalized spacial score (nSPS) is 10.4. The Hall–Kier alpha value is -3.61. The first kappa shape index (κ1) is 19.2. The van der Waals surface area contributed by atoms with Gasteiger partial charge in [0.1, 0.15) is 12.3 Å². The third-order valence-corrected chi connectivity index (χ3v) is 4.24. The third-order valence-electron chi connectivity index (χ3n) is 4.24. The fourth-order valence-electron chi connectivity index (χ4n) is 2.76. The second-order valence-electron chi connectivity index (χ2n) is 6.10. The first-order valence-electron chi connectivity index (χ1n) is 8.94. The second kappa shape index (κ2) is 8.85. The average molecular weight is 378 g/mol. The van der Waals surface area contributed by atoms with Crippen molar-refractivity contribution in [1.82, 2.24) is 14.7 Å². The van der Waals surface area contributed by atoms with E-state index in [4.69, 9.17) is 4.74 Å². The van der Waals surface area contributed by atoms with Crippen LogP contribution in [0.15, 0.2) is 67.0 Å². The molecule has 0 atom stereocenters. The molecule has 0 spiro atoms. The minimum atomic E-state index is -0.267. The van der Waals surface area contributed by atoms with Crippen LogP contribution in [0.4, 0.5) is 5.69 Å². The fraction of sp³-hybridized carbons (Fsp3) is 0.190. The summed E-state index contributed by atoms with van der Waals surface area (Å²) < 4.78 is 6.86. The first-order chi connectivity index (χ1) is 13.6. The summed E-state index contributed by atoms with van der Waals surface area (Å²) in [6, 6.07) is 16.0. The molecule has 7 nitrogen and oxygen atoms in total. The molecule has 144 valence electrons. The number of benzene rings is 2. The van der Waals surface area contributed by atoms with Gasteiger partial charge in [-0.25, -0.2) is 4.68 Å². The van der Waals surface area contributed by atoms with Crippen molar-refractivity contribution < 1.29 is 14.3 Å². The number of amides is 2. The van der Waals surface area contributed by atoms with E-state index in [1.165, 1.54) is 4.90 Å². The maximum Gasteiger partial charge on any atom is 0.254 e. The van der Waals surface area contributed by atoms with Crippen molar-refractivity contribution in [3.8, 4) is 11.4 Å². The zero-order chi connectivity index (χ0) is 19.9. The van der Waals surface area contributed by atoms with Gasteiger partial charge < -0.3 is 15.0 Å². The smallest absolute Gasteiger partial charge is 0.254 e. The van der Waals surface area contributed by atoms with Crippen LogP contribution in [0.25, 0.3) is 5.69 Å². The number of ether oxygens (including phenoxy) is 1. The van der Waals surface area contributed by atoms with Crippen molar-refractivity contribution in [2.24, 2.45) is 0 Å². The van der Waals surface area contributed by atoms with Crippen molar-refractivity contribution in [3.05, 3.63) is 72.6 Å². The molecule has 1 N–H and O–H groups in total. The lowest BCUT2D eigenvalue weighted by Crippen LogP contribution is -2.37. The summed E-state index contributed by atoms with van der Waals surface area (Å²) in [7, 11) is 1.57. The molecule has 2 aromatic carbocycles. The Morgan fingerprint density at radius 2 is 1.93 bits per heavy atom. The summed E-state index contributed by atoms with van der Waals surface area (Å²) in [6.07, 6.45) is 3.52. The van der Waals surface area contributed by atoms with E-state index in [9.17, 15) is 9.59 Å². The van der Waals surface area contributed by atoms with Gasteiger partial charge in [0, 0.05) is 36.3 Å². The molecule has 0 bridgehead atoms. The summed E-state index contributed by atoms with van der Waals surface area (Å²) in [5.41, 5.74) is 2.00. The largest absolute Gasteiger partial charge is 0.497 e. The van der Waals surface area contributed by atoms with Crippen LogP contribution in [0.3, 0.4) is 0 Å². The van der Waals surface area contributed by atoms with Crippen molar-refractivity contribution in [2.75, 3.05) is 25.5 Å². The third kappa shape index (κ3) is 4.56. The highest BCUT2D eigenvalue weighted by atomic mass is 16.5. The van der Waals surface area contributed by atoms with E-state index in [0.717, 1.165) is 5.69 Å². The van der Waals surface area contributed by atoms with Crippen LogP contribution in [0.2, 0.25) is 0 Å². The Bertz CT molecular complexity index is 937. The predicted molar refractivity (Wildman–Crippen MR) is 107 cm³/mol. The van der Waals surface area contributed by atoms with Crippen molar-refractivity contribution >= 4 is 17.5 Å². The lowest BCUT2D eigenvalue weighted by molar-refractivity contribution is -0.116. The molecule has 0 radical (unpaired) electrons. The number of anilines is 1. The van der Waals surface area contributed by atoms with Gasteiger partial charge in [0.15, 0.2) is 0 Å². The molecule has 3 aromatic rings. The second-order valence-corrected chi connectivity index (χ2v) is 6.10. The molecule has 28 heavy (non-hydrogen) atoms. The summed E-state index contributed by atoms with van der Waals surface area (Å²) in [5, 5.41) is 6.95. The molecule has 3 rings (SSSR count). The Morgan fingerprint density at radius 1 is 1.14 bits per heavy atom. The van der Waals surface area contributed by atoms with Gasteiger partial charge in [-0.15, -0.1) is 0 Å². The Kier molecular flexibility index (Phi) is 6.06. The van der Waals surface area contributed by atoms with Crippen molar-refractivity contribution in [3.63, 3.8) is 0 Å². The molecular formula is C21H22N4O3. The molecule has 1 heterocycles. The van der Waals surface area contributed by atoms with Crippen LogP contribution in [0, 0.1) is 0 Å². The van der Waals surface area contributed by atoms with E-state index in [1.807, 2.05) is 31.3 Å². The Labute approximate surface area is 163 Å². The molecule has 0 saturated carbocycles. The van der Waals surface area contributed by atoms with E-state index >= 15 is 0 Å². The van der Waals surface area contributed by atoms with Crippen molar-refractivity contribution in [2.45, 2.75) is 6.92 Å². The molecule has 2 amide bonds. The lowest BCUT2D eigenvalue weighted by Gasteiger charge is -2.20. The highest BCUT2D eigenvalue weighted by molar-refractivity contribution is 5.99. The number of rotatable bonds is 7. The fourth-order valence-corrected chi connectivity index (χ4v) is 2.76. The highest BCUT2D eigenvalue weighted by Gasteiger charge is 2.17. The molecule has 0 unspecified atom stereocenters. The van der Waals surface area contributed by atoms with E-state index in [-0.39, 0.29) is 18.4 Å². The van der Waals surface area contributed by atoms with Crippen LogP contribution in [0.1, 0.15) is 17.3 Å². The maximum atomic E-state index is 12.8. The number of carbonyl (C=O) groups excluding carboxylic acids is 2. The molecule has 0 aliphatic carbocycles. The Balaban J connectivity index is 1.65. The zero-order valence-corrected chi connectivity index (χ0v) is 15.8. The van der Waals surface area contributed by atoms with Gasteiger partial charge in [-0.2, -0.15) is 5.10 Å². The lowest BCUT2D eigenvalue weighted by atomic mass is 10.1. The molecule has 1 aromatic heterocycles. The van der Waals surface area contributed by atoms with Gasteiger partial charge in [-0.1, -0.05) is 6.07 Å². The van der Waals surface area contributed by atoms with Crippen LogP contribution < -0.4 is 10.1 Å². The number of likely N-dealkylation sites (N-methyl/N-ethyl adjacent to an activating group) is 1. The van der Waals surface area contributed by atoms with Crippen LogP contribution in [-0.4, -0.2) is 46.7 Å². The predicted octanol–water partition coefficient (Wildman–Crippen LogP) is 2.98. The summed E-state index contributed by atoms with van der Waals surface area (Å²) in [4.78, 5) is 26.6. The summed E-state index contributed by atoms with van der Waals surface area (Å²) in [5.74, 6) is 0.186. The monoisotopic (exact) mass is 378 g/mol. The van der Waals surface area contributed by atoms with Crippen molar-refractivity contribution in [1.29, 1.82) is 0 Å². The standard InChI is InChI=1S/C21H22N4O3/c1-3-24(15-20(26)23-17-6-4-7-19(14-17)28-2)21(27)16-8-10-18(11-9-16)25-13-5-12-22-25/h4-14H,3,15H2,1-2H3,(H,23,26). The van der Waals surface area contributed by atoms with Gasteiger partial charge in [-0.05, 0) is 49.4 Å². The quantitative estimate of drug-likeness (QED) is 0.686. The van der Waals surface area contributed by atoms with Gasteiger partial charge >= 0.3 is 0 Å². The minimum Gasteiger partial charge on any atom is -0.497 e. The molecule has 0 aliphatic rings. The van der Waals surface area contributed by atoms with Gasteiger partial charge in [0.2, 0.25) is 5.91 Å². The minimum absolute atomic E-state index is 0.0343. The maximum absolute atomic E-state index is 12.8. The zero-order valence-electron chi connectivity index (χ0n) is 15.8. The number of methoxy groups -OCH3 is 1. The van der Waals surface area contributed by atoms with Crippen LogP contribution in [-0.2, 0) is 4.79 Å². The number of nitrogens with one attached hydrogen (secondary N) is 1. The average Bonchev–Trinajstić information content (AvgIpc) is 3.26. The molecule has 0 aliphatic heterocycles. The Morgan fingerprint density at radius 3 is 2.57 bits per heavy atom. The SMILES string of the molecule is CCN(CC(=O)Nc1cccc(OC)c1)C(=O)c1ccc(-n2cccn2)cc1. The number of nitrogens with zero attached hydrogens (tertiary/aromatic N) is 3. The highest BCUT2D eigenvalue weighted by Crippen LogP contribution is 2.17. The number of carbonyl (C=O) groups is 2. The van der Waals surface area contributed by atoms with Crippen LogP contribution in [0.5, 0.6) is 5.75 Å². The van der Waals surface area contributed by atoms with Gasteiger partial charge in [0.05, 0.1) is 12.8 Å². The molecule has 0 saturated heterocycles. The van der Waals surface area contributed by atoms with E-state index in [2.05, 4.69) is 10.4 Å². The van der Waals surface area contributed by atoms with Crippen LogP contribution >= 0.6 is 0 Å². The van der Waals surface area contributed by atoms with E-state index in [1.54, 1.807) is 54.4 Å².